The zero-order chi connectivity index (χ0) is 18.4. The molecule has 0 bridgehead atoms. The van der Waals surface area contributed by atoms with E-state index < -0.39 is 0 Å². The number of para-hydroxylation sites is 2. The van der Waals surface area contributed by atoms with Gasteiger partial charge in [-0.1, -0.05) is 12.1 Å². The molecule has 2 aromatic carbocycles. The van der Waals surface area contributed by atoms with Crippen LogP contribution in [0.1, 0.15) is 13.8 Å². The van der Waals surface area contributed by atoms with Gasteiger partial charge in [-0.3, -0.25) is 0 Å². The van der Waals surface area contributed by atoms with Crippen LogP contribution in [0.15, 0.2) is 48.5 Å². The molecule has 0 unspecified atom stereocenters. The Labute approximate surface area is 154 Å². The van der Waals surface area contributed by atoms with Gasteiger partial charge in [0.15, 0.2) is 0 Å². The molecule has 0 aliphatic carbocycles. The Kier molecular flexibility index (Phi) is 5.96. The van der Waals surface area contributed by atoms with Crippen LogP contribution in [0.2, 0.25) is 0 Å². The van der Waals surface area contributed by atoms with Crippen molar-refractivity contribution >= 4 is 23.1 Å². The first kappa shape index (κ1) is 18.1. The van der Waals surface area contributed by atoms with Crippen LogP contribution in [0.5, 0.6) is 5.75 Å². The van der Waals surface area contributed by atoms with Crippen LogP contribution in [0.4, 0.5) is 21.9 Å². The summed E-state index contributed by atoms with van der Waals surface area (Å²) >= 11 is 0. The second-order valence-corrected chi connectivity index (χ2v) is 6.39. The van der Waals surface area contributed by atoms with Crippen LogP contribution in [0.25, 0.3) is 0 Å². The number of carbonyl (C=O) groups excluding carboxylic acids is 1. The number of morpholine rings is 1. The Morgan fingerprint density at radius 3 is 2.42 bits per heavy atom. The lowest BCUT2D eigenvalue weighted by Gasteiger charge is -2.30. The molecule has 138 valence electrons. The van der Waals surface area contributed by atoms with Gasteiger partial charge in [-0.25, -0.2) is 4.79 Å². The molecule has 0 spiro atoms. The van der Waals surface area contributed by atoms with E-state index in [4.69, 9.17) is 9.47 Å². The molecule has 1 aliphatic heterocycles. The summed E-state index contributed by atoms with van der Waals surface area (Å²) < 4.78 is 11.0. The molecule has 0 radical (unpaired) electrons. The number of nitrogens with one attached hydrogen (secondary N) is 2. The molecule has 1 fully saturated rings. The first-order valence-electron chi connectivity index (χ1n) is 8.88. The van der Waals surface area contributed by atoms with Crippen LogP contribution < -0.4 is 20.3 Å². The number of anilines is 3. The molecule has 0 aromatic heterocycles. The second kappa shape index (κ2) is 8.58. The minimum Gasteiger partial charge on any atom is -0.491 e. The summed E-state index contributed by atoms with van der Waals surface area (Å²) in [5, 5.41) is 5.79. The monoisotopic (exact) mass is 355 g/mol. The van der Waals surface area contributed by atoms with Crippen LogP contribution >= 0.6 is 0 Å². The summed E-state index contributed by atoms with van der Waals surface area (Å²) in [7, 11) is 0. The molecule has 0 atom stereocenters. The maximum Gasteiger partial charge on any atom is 0.323 e. The number of hydrogen-bond donors (Lipinski definition) is 2. The third-order valence-corrected chi connectivity index (χ3v) is 3.99. The average molecular weight is 355 g/mol. The van der Waals surface area contributed by atoms with Crippen LogP contribution in [0.3, 0.4) is 0 Å². The number of benzene rings is 2. The lowest BCUT2D eigenvalue weighted by Crippen LogP contribution is -2.36. The fraction of sp³-hybridized carbons (Fsp3) is 0.350. The largest absolute Gasteiger partial charge is 0.491 e. The smallest absolute Gasteiger partial charge is 0.323 e. The number of hydrogen-bond acceptors (Lipinski definition) is 4. The molecule has 6 heteroatoms. The van der Waals surface area contributed by atoms with Crippen LogP contribution in [-0.4, -0.2) is 38.4 Å². The summed E-state index contributed by atoms with van der Waals surface area (Å²) in [5.41, 5.74) is 2.50. The van der Waals surface area contributed by atoms with Gasteiger partial charge in [0.1, 0.15) is 5.75 Å². The molecule has 1 saturated heterocycles. The van der Waals surface area contributed by atoms with E-state index >= 15 is 0 Å². The highest BCUT2D eigenvalue weighted by Gasteiger charge is 2.15. The fourth-order valence-corrected chi connectivity index (χ4v) is 2.83. The van der Waals surface area contributed by atoms with Gasteiger partial charge in [-0.2, -0.15) is 0 Å². The third-order valence-electron chi connectivity index (χ3n) is 3.99. The number of amides is 2. The number of rotatable bonds is 5. The van der Waals surface area contributed by atoms with E-state index in [-0.39, 0.29) is 12.1 Å². The van der Waals surface area contributed by atoms with Crippen molar-refractivity contribution in [1.82, 2.24) is 0 Å². The van der Waals surface area contributed by atoms with E-state index in [1.807, 2.05) is 62.4 Å². The molecular weight excluding hydrogens is 330 g/mol. The Bertz CT molecular complexity index is 725. The van der Waals surface area contributed by atoms with Gasteiger partial charge >= 0.3 is 6.03 Å². The van der Waals surface area contributed by atoms with Crippen molar-refractivity contribution in [2.45, 2.75) is 20.0 Å². The second-order valence-electron chi connectivity index (χ2n) is 6.39. The van der Waals surface area contributed by atoms with E-state index in [0.717, 1.165) is 30.2 Å². The van der Waals surface area contributed by atoms with Gasteiger partial charge in [-0.05, 0) is 50.2 Å². The van der Waals surface area contributed by atoms with E-state index in [2.05, 4.69) is 15.5 Å². The maximum atomic E-state index is 12.4. The zero-order valence-electron chi connectivity index (χ0n) is 15.2. The zero-order valence-corrected chi connectivity index (χ0v) is 15.2. The Morgan fingerprint density at radius 2 is 1.73 bits per heavy atom. The molecule has 6 nitrogen and oxygen atoms in total. The highest BCUT2D eigenvalue weighted by molar-refractivity contribution is 6.01. The van der Waals surface area contributed by atoms with E-state index in [0.29, 0.717) is 18.9 Å². The highest BCUT2D eigenvalue weighted by atomic mass is 16.5. The van der Waals surface area contributed by atoms with Crippen LogP contribution in [-0.2, 0) is 4.74 Å². The van der Waals surface area contributed by atoms with E-state index in [1.165, 1.54) is 0 Å². The van der Waals surface area contributed by atoms with E-state index in [1.54, 1.807) is 0 Å². The Balaban J connectivity index is 1.63. The number of urea groups is 1. The molecule has 26 heavy (non-hydrogen) atoms. The molecule has 2 N–H and O–H groups in total. The van der Waals surface area contributed by atoms with E-state index in [9.17, 15) is 4.79 Å². The normalized spacial score (nSPS) is 14.2. The highest BCUT2D eigenvalue weighted by Crippen LogP contribution is 2.26. The Hall–Kier alpha value is -2.73. The Morgan fingerprint density at radius 1 is 1.04 bits per heavy atom. The molecule has 2 amide bonds. The topological polar surface area (TPSA) is 62.8 Å². The number of nitrogens with zero attached hydrogens (tertiary/aromatic N) is 1. The van der Waals surface area contributed by atoms with Gasteiger partial charge in [0.25, 0.3) is 0 Å². The van der Waals surface area contributed by atoms with Gasteiger partial charge in [-0.15, -0.1) is 0 Å². The van der Waals surface area contributed by atoms with Crippen molar-refractivity contribution in [2.24, 2.45) is 0 Å². The summed E-state index contributed by atoms with van der Waals surface area (Å²) in [5.74, 6) is 0.781. The fourth-order valence-electron chi connectivity index (χ4n) is 2.83. The van der Waals surface area contributed by atoms with Crippen molar-refractivity contribution in [3.05, 3.63) is 48.5 Å². The summed E-state index contributed by atoms with van der Waals surface area (Å²) in [4.78, 5) is 14.6. The molecular formula is C20H25N3O3. The summed E-state index contributed by atoms with van der Waals surface area (Å²) in [6, 6.07) is 14.9. The summed E-state index contributed by atoms with van der Waals surface area (Å²) in [6.45, 7) is 6.99. The molecule has 3 rings (SSSR count). The molecule has 1 heterocycles. The molecule has 1 aliphatic rings. The number of carbonyl (C=O) groups is 1. The van der Waals surface area contributed by atoms with Gasteiger partial charge in [0.05, 0.1) is 30.7 Å². The standard InChI is InChI=1S/C20H25N3O3/c1-15(2)26-17-9-7-16(8-10-17)21-20(24)22-18-5-3-4-6-19(18)23-11-13-25-14-12-23/h3-10,15H,11-14H2,1-2H3,(H2,21,22,24). The van der Waals surface area contributed by atoms with Gasteiger partial charge < -0.3 is 25.0 Å². The third kappa shape index (κ3) is 4.89. The minimum absolute atomic E-state index is 0.119. The van der Waals surface area contributed by atoms with Crippen molar-refractivity contribution in [1.29, 1.82) is 0 Å². The lowest BCUT2D eigenvalue weighted by atomic mass is 10.2. The maximum absolute atomic E-state index is 12.4. The first-order chi connectivity index (χ1) is 12.6. The van der Waals surface area contributed by atoms with Crippen molar-refractivity contribution in [3.8, 4) is 5.75 Å². The lowest BCUT2D eigenvalue weighted by molar-refractivity contribution is 0.123. The number of ether oxygens (including phenoxy) is 2. The van der Waals surface area contributed by atoms with Crippen molar-refractivity contribution in [3.63, 3.8) is 0 Å². The quantitative estimate of drug-likeness (QED) is 0.852. The molecule has 2 aromatic rings. The SMILES string of the molecule is CC(C)Oc1ccc(NC(=O)Nc2ccccc2N2CCOCC2)cc1. The van der Waals surface area contributed by atoms with Crippen molar-refractivity contribution in [2.75, 3.05) is 41.8 Å². The minimum atomic E-state index is -0.275. The predicted octanol–water partition coefficient (Wildman–Crippen LogP) is 3.95. The van der Waals surface area contributed by atoms with Gasteiger partial charge in [0.2, 0.25) is 0 Å². The average Bonchev–Trinajstić information content (AvgIpc) is 2.64. The van der Waals surface area contributed by atoms with Crippen LogP contribution in [0, 0.1) is 0 Å². The van der Waals surface area contributed by atoms with Gasteiger partial charge in [0, 0.05) is 18.8 Å². The predicted molar refractivity (Wildman–Crippen MR) is 104 cm³/mol. The first-order valence-corrected chi connectivity index (χ1v) is 8.88. The summed E-state index contributed by atoms with van der Waals surface area (Å²) in [6.07, 6.45) is 0.119. The molecule has 0 saturated carbocycles. The van der Waals surface area contributed by atoms with Crippen molar-refractivity contribution < 1.29 is 14.3 Å².